The first-order chi connectivity index (χ1) is 13.0. The maximum Gasteiger partial charge on any atom is 0.226 e. The molecule has 2 aromatic rings. The number of ether oxygens (including phenoxy) is 2. The molecule has 0 aliphatic rings. The molecular weight excluding hydrogens is 344 g/mol. The van der Waals surface area contributed by atoms with E-state index in [0.29, 0.717) is 30.9 Å². The van der Waals surface area contributed by atoms with Crippen molar-refractivity contribution in [2.45, 2.75) is 19.8 Å². The Bertz CT molecular complexity index is 776. The molecular formula is C21H26N2O4. The number of amides is 2. The summed E-state index contributed by atoms with van der Waals surface area (Å²) in [6.45, 7) is 2.39. The van der Waals surface area contributed by atoms with E-state index in [4.69, 9.17) is 9.47 Å². The Hall–Kier alpha value is -3.02. The third-order valence-electron chi connectivity index (χ3n) is 4.28. The maximum atomic E-state index is 12.3. The third-order valence-corrected chi connectivity index (χ3v) is 4.28. The van der Waals surface area contributed by atoms with Crippen LogP contribution in [0.5, 0.6) is 11.5 Å². The minimum absolute atomic E-state index is 0.0602. The van der Waals surface area contributed by atoms with Gasteiger partial charge in [-0.1, -0.05) is 30.3 Å². The number of benzene rings is 2. The van der Waals surface area contributed by atoms with Crippen LogP contribution in [-0.2, 0) is 16.0 Å². The zero-order valence-electron chi connectivity index (χ0n) is 16.0. The van der Waals surface area contributed by atoms with Crippen molar-refractivity contribution in [3.63, 3.8) is 0 Å². The van der Waals surface area contributed by atoms with Crippen LogP contribution in [0.15, 0.2) is 48.5 Å². The average molecular weight is 370 g/mol. The SMILES string of the molecule is COc1ccccc1CCN(CCC(=O)Nc1ccccc1OC)C(C)=O. The maximum absolute atomic E-state index is 12.3. The van der Waals surface area contributed by atoms with Crippen molar-refractivity contribution in [2.24, 2.45) is 0 Å². The predicted octanol–water partition coefficient (Wildman–Crippen LogP) is 3.12. The van der Waals surface area contributed by atoms with Gasteiger partial charge in [-0.2, -0.15) is 0 Å². The fourth-order valence-corrected chi connectivity index (χ4v) is 2.79. The molecule has 0 unspecified atom stereocenters. The number of carbonyl (C=O) groups is 2. The van der Waals surface area contributed by atoms with Crippen LogP contribution in [-0.4, -0.2) is 44.0 Å². The number of nitrogens with zero attached hydrogens (tertiary/aromatic N) is 1. The van der Waals surface area contributed by atoms with E-state index in [1.54, 1.807) is 31.3 Å². The highest BCUT2D eigenvalue weighted by Crippen LogP contribution is 2.23. The van der Waals surface area contributed by atoms with Gasteiger partial charge in [0.1, 0.15) is 11.5 Å². The second-order valence-electron chi connectivity index (χ2n) is 6.07. The minimum atomic E-state index is -0.164. The Kier molecular flexibility index (Phi) is 7.67. The van der Waals surface area contributed by atoms with Gasteiger partial charge in [-0.15, -0.1) is 0 Å². The molecule has 0 aliphatic carbocycles. The van der Waals surface area contributed by atoms with Gasteiger partial charge >= 0.3 is 0 Å². The van der Waals surface area contributed by atoms with Gasteiger partial charge in [-0.25, -0.2) is 0 Å². The normalized spacial score (nSPS) is 10.2. The monoisotopic (exact) mass is 370 g/mol. The summed E-state index contributed by atoms with van der Waals surface area (Å²) in [4.78, 5) is 25.9. The number of hydrogen-bond acceptors (Lipinski definition) is 4. The fourth-order valence-electron chi connectivity index (χ4n) is 2.79. The highest BCUT2D eigenvalue weighted by Gasteiger charge is 2.13. The number of hydrogen-bond donors (Lipinski definition) is 1. The van der Waals surface area contributed by atoms with Gasteiger partial charge in [0.15, 0.2) is 0 Å². The van der Waals surface area contributed by atoms with E-state index in [0.717, 1.165) is 11.3 Å². The van der Waals surface area contributed by atoms with Crippen molar-refractivity contribution in [1.29, 1.82) is 0 Å². The molecule has 0 spiro atoms. The fraction of sp³-hybridized carbons (Fsp3) is 0.333. The molecule has 1 N–H and O–H groups in total. The number of methoxy groups -OCH3 is 2. The van der Waals surface area contributed by atoms with E-state index in [1.807, 2.05) is 36.4 Å². The van der Waals surface area contributed by atoms with Gasteiger partial charge < -0.3 is 19.7 Å². The van der Waals surface area contributed by atoms with Gasteiger partial charge in [0.25, 0.3) is 0 Å². The molecule has 144 valence electrons. The summed E-state index contributed by atoms with van der Waals surface area (Å²) in [6, 6.07) is 15.0. The van der Waals surface area contributed by atoms with Crippen molar-refractivity contribution < 1.29 is 19.1 Å². The zero-order valence-corrected chi connectivity index (χ0v) is 16.0. The molecule has 2 rings (SSSR count). The molecule has 27 heavy (non-hydrogen) atoms. The van der Waals surface area contributed by atoms with Crippen LogP contribution in [0.4, 0.5) is 5.69 Å². The van der Waals surface area contributed by atoms with E-state index in [1.165, 1.54) is 6.92 Å². The van der Waals surface area contributed by atoms with Gasteiger partial charge in [0, 0.05) is 26.4 Å². The lowest BCUT2D eigenvalue weighted by Gasteiger charge is -2.21. The molecule has 0 saturated heterocycles. The molecule has 2 aromatic carbocycles. The zero-order chi connectivity index (χ0) is 19.6. The van der Waals surface area contributed by atoms with E-state index >= 15 is 0 Å². The van der Waals surface area contributed by atoms with Crippen LogP contribution < -0.4 is 14.8 Å². The summed E-state index contributed by atoms with van der Waals surface area (Å²) in [6.07, 6.45) is 0.876. The lowest BCUT2D eigenvalue weighted by atomic mass is 10.1. The molecule has 0 aromatic heterocycles. The van der Waals surface area contributed by atoms with Crippen molar-refractivity contribution in [1.82, 2.24) is 4.90 Å². The molecule has 0 fully saturated rings. The quantitative estimate of drug-likeness (QED) is 0.736. The molecule has 6 nitrogen and oxygen atoms in total. The topological polar surface area (TPSA) is 67.9 Å². The summed E-state index contributed by atoms with van der Waals surface area (Å²) in [7, 11) is 3.18. The van der Waals surface area contributed by atoms with Crippen LogP contribution in [0.3, 0.4) is 0 Å². The lowest BCUT2D eigenvalue weighted by molar-refractivity contribution is -0.129. The molecule has 0 bridgehead atoms. The summed E-state index contributed by atoms with van der Waals surface area (Å²) in [5, 5.41) is 2.83. The van der Waals surface area contributed by atoms with E-state index in [9.17, 15) is 9.59 Å². The van der Waals surface area contributed by atoms with Gasteiger partial charge in [-0.3, -0.25) is 9.59 Å². The first-order valence-electron chi connectivity index (χ1n) is 8.85. The van der Waals surface area contributed by atoms with Crippen molar-refractivity contribution in [3.8, 4) is 11.5 Å². The van der Waals surface area contributed by atoms with Crippen LogP contribution >= 0.6 is 0 Å². The smallest absolute Gasteiger partial charge is 0.226 e. The molecule has 0 saturated carbocycles. The standard InChI is InChI=1S/C21H26N2O4/c1-16(24)23(14-12-17-8-4-6-10-19(17)26-2)15-13-21(25)22-18-9-5-7-11-20(18)27-3/h4-11H,12-15H2,1-3H3,(H,22,25). The average Bonchev–Trinajstić information content (AvgIpc) is 2.68. The number of nitrogens with one attached hydrogen (secondary N) is 1. The van der Waals surface area contributed by atoms with Gasteiger partial charge in [0.2, 0.25) is 11.8 Å². The molecule has 0 heterocycles. The van der Waals surface area contributed by atoms with E-state index in [-0.39, 0.29) is 18.2 Å². The highest BCUT2D eigenvalue weighted by atomic mass is 16.5. The van der Waals surface area contributed by atoms with Crippen molar-refractivity contribution in [2.75, 3.05) is 32.6 Å². The lowest BCUT2D eigenvalue weighted by Crippen LogP contribution is -2.33. The van der Waals surface area contributed by atoms with Crippen LogP contribution in [0.1, 0.15) is 18.9 Å². The minimum Gasteiger partial charge on any atom is -0.496 e. The van der Waals surface area contributed by atoms with Crippen molar-refractivity contribution in [3.05, 3.63) is 54.1 Å². The summed E-state index contributed by atoms with van der Waals surface area (Å²) in [5.74, 6) is 1.18. The summed E-state index contributed by atoms with van der Waals surface area (Å²) < 4.78 is 10.6. The number of anilines is 1. The second kappa shape index (κ2) is 10.2. The van der Waals surface area contributed by atoms with E-state index in [2.05, 4.69) is 5.32 Å². The second-order valence-corrected chi connectivity index (χ2v) is 6.07. The Balaban J connectivity index is 1.90. The Morgan fingerprint density at radius 3 is 2.22 bits per heavy atom. The van der Waals surface area contributed by atoms with Crippen LogP contribution in [0.2, 0.25) is 0 Å². The number of rotatable bonds is 9. The molecule has 0 aliphatic heterocycles. The third kappa shape index (κ3) is 6.02. The summed E-state index contributed by atoms with van der Waals surface area (Å²) in [5.41, 5.74) is 1.65. The Labute approximate surface area is 160 Å². The molecule has 0 atom stereocenters. The predicted molar refractivity (Wildman–Crippen MR) is 105 cm³/mol. The van der Waals surface area contributed by atoms with Gasteiger partial charge in [0.05, 0.1) is 19.9 Å². The number of para-hydroxylation sites is 3. The Morgan fingerprint density at radius 1 is 0.926 bits per heavy atom. The first kappa shape index (κ1) is 20.3. The number of carbonyl (C=O) groups excluding carboxylic acids is 2. The first-order valence-corrected chi connectivity index (χ1v) is 8.85. The molecule has 0 radical (unpaired) electrons. The highest BCUT2D eigenvalue weighted by molar-refractivity contribution is 5.92. The van der Waals surface area contributed by atoms with Crippen LogP contribution in [0, 0.1) is 0 Å². The van der Waals surface area contributed by atoms with E-state index < -0.39 is 0 Å². The largest absolute Gasteiger partial charge is 0.496 e. The van der Waals surface area contributed by atoms with Gasteiger partial charge in [-0.05, 0) is 30.2 Å². The van der Waals surface area contributed by atoms with Crippen molar-refractivity contribution >= 4 is 17.5 Å². The summed E-state index contributed by atoms with van der Waals surface area (Å²) >= 11 is 0. The molecule has 2 amide bonds. The Morgan fingerprint density at radius 2 is 1.56 bits per heavy atom. The molecule has 6 heteroatoms. The van der Waals surface area contributed by atoms with Crippen LogP contribution in [0.25, 0.3) is 0 Å².